The van der Waals surface area contributed by atoms with Crippen LogP contribution in [0.15, 0.2) is 29.1 Å². The molecule has 0 aliphatic rings. The second kappa shape index (κ2) is 4.04. The molecular formula is C10H6ClN5OS. The highest BCUT2D eigenvalue weighted by molar-refractivity contribution is 7.20. The van der Waals surface area contributed by atoms with Crippen LogP contribution in [0.25, 0.3) is 16.2 Å². The molecule has 0 aliphatic carbocycles. The number of halogens is 1. The molecule has 3 rings (SSSR count). The van der Waals surface area contributed by atoms with E-state index in [0.717, 1.165) is 15.9 Å². The third-order valence-electron chi connectivity index (χ3n) is 2.38. The van der Waals surface area contributed by atoms with Crippen molar-refractivity contribution >= 4 is 33.6 Å². The van der Waals surface area contributed by atoms with Gasteiger partial charge in [0.2, 0.25) is 9.43 Å². The molecule has 18 heavy (non-hydrogen) atoms. The summed E-state index contributed by atoms with van der Waals surface area (Å²) >= 11 is 6.83. The van der Waals surface area contributed by atoms with Crippen LogP contribution in [0.1, 0.15) is 0 Å². The minimum absolute atomic E-state index is 0.160. The van der Waals surface area contributed by atoms with Crippen LogP contribution < -0.4 is 11.3 Å². The van der Waals surface area contributed by atoms with Gasteiger partial charge in [0.05, 0.1) is 0 Å². The van der Waals surface area contributed by atoms with Crippen LogP contribution in [0.2, 0.25) is 4.47 Å². The third-order valence-corrected chi connectivity index (χ3v) is 3.38. The minimum atomic E-state index is -0.388. The van der Waals surface area contributed by atoms with Crippen molar-refractivity contribution in [2.75, 3.05) is 5.73 Å². The number of rotatable bonds is 1. The molecule has 0 amide bonds. The van der Waals surface area contributed by atoms with Crippen LogP contribution in [0, 0.1) is 0 Å². The van der Waals surface area contributed by atoms with E-state index in [9.17, 15) is 4.79 Å². The predicted molar refractivity (Wildman–Crippen MR) is 69.8 cm³/mol. The molecule has 0 saturated heterocycles. The van der Waals surface area contributed by atoms with Crippen LogP contribution in [0.5, 0.6) is 0 Å². The number of aromatic nitrogens is 4. The van der Waals surface area contributed by atoms with Crippen molar-refractivity contribution in [3.63, 3.8) is 0 Å². The Balaban J connectivity index is 2.34. The zero-order valence-electron chi connectivity index (χ0n) is 8.87. The molecule has 0 unspecified atom stereocenters. The summed E-state index contributed by atoms with van der Waals surface area (Å²) < 4.78 is 1.36. The highest BCUT2D eigenvalue weighted by Crippen LogP contribution is 2.21. The zero-order valence-corrected chi connectivity index (χ0v) is 10.4. The second-order valence-corrected chi connectivity index (χ2v) is 5.03. The molecule has 2 heterocycles. The Kier molecular flexibility index (Phi) is 2.49. The summed E-state index contributed by atoms with van der Waals surface area (Å²) in [5.74, 6) is 0. The van der Waals surface area contributed by atoms with E-state index in [1.54, 1.807) is 24.3 Å². The van der Waals surface area contributed by atoms with Gasteiger partial charge in [-0.1, -0.05) is 29.5 Å². The number of hydrogen-bond donors (Lipinski definition) is 1. The molecule has 0 atom stereocenters. The van der Waals surface area contributed by atoms with E-state index >= 15 is 0 Å². The van der Waals surface area contributed by atoms with Crippen molar-refractivity contribution in [2.45, 2.75) is 0 Å². The standard InChI is InChI=1S/C10H6ClN5OS/c11-9-15-16-8(17)7(13-14-10(16)18-9)5-3-1-2-4-6(5)12/h1-4H,12H2. The molecule has 0 saturated carbocycles. The molecule has 1 aromatic carbocycles. The maximum Gasteiger partial charge on any atom is 0.302 e. The SMILES string of the molecule is Nc1ccccc1-c1nnc2sc(Cl)nn2c1=O. The average molecular weight is 280 g/mol. The summed E-state index contributed by atoms with van der Waals surface area (Å²) in [5, 5.41) is 11.7. The third kappa shape index (κ3) is 1.64. The first-order valence-corrected chi connectivity index (χ1v) is 6.13. The smallest absolute Gasteiger partial charge is 0.302 e. The van der Waals surface area contributed by atoms with Crippen LogP contribution in [0.3, 0.4) is 0 Å². The minimum Gasteiger partial charge on any atom is -0.398 e. The van der Waals surface area contributed by atoms with Gasteiger partial charge < -0.3 is 5.73 Å². The van der Waals surface area contributed by atoms with Crippen molar-refractivity contribution in [3.05, 3.63) is 39.1 Å². The Labute approximate surface area is 110 Å². The number of nitrogens with two attached hydrogens (primary N) is 1. The quantitative estimate of drug-likeness (QED) is 0.681. The highest BCUT2D eigenvalue weighted by Gasteiger charge is 2.14. The lowest BCUT2D eigenvalue weighted by Crippen LogP contribution is -2.19. The lowest BCUT2D eigenvalue weighted by atomic mass is 10.1. The maximum absolute atomic E-state index is 12.2. The number of anilines is 1. The summed E-state index contributed by atoms with van der Waals surface area (Å²) in [6.45, 7) is 0. The summed E-state index contributed by atoms with van der Waals surface area (Å²) in [7, 11) is 0. The predicted octanol–water partition coefficient (Wildman–Crippen LogP) is 1.45. The first-order chi connectivity index (χ1) is 8.66. The van der Waals surface area contributed by atoms with Crippen LogP contribution in [-0.2, 0) is 0 Å². The molecule has 2 aromatic heterocycles. The number of fused-ring (bicyclic) bond motifs is 1. The number of hydrogen-bond acceptors (Lipinski definition) is 6. The summed E-state index contributed by atoms with van der Waals surface area (Å²) in [4.78, 5) is 12.5. The lowest BCUT2D eigenvalue weighted by Gasteiger charge is -2.02. The monoisotopic (exact) mass is 279 g/mol. The highest BCUT2D eigenvalue weighted by atomic mass is 35.5. The van der Waals surface area contributed by atoms with Gasteiger partial charge in [-0.2, -0.15) is 4.52 Å². The van der Waals surface area contributed by atoms with E-state index in [0.29, 0.717) is 16.2 Å². The van der Waals surface area contributed by atoms with Gasteiger partial charge in [0.25, 0.3) is 0 Å². The van der Waals surface area contributed by atoms with Gasteiger partial charge in [-0.05, 0) is 17.7 Å². The molecule has 0 fully saturated rings. The first-order valence-electron chi connectivity index (χ1n) is 4.94. The van der Waals surface area contributed by atoms with E-state index in [4.69, 9.17) is 17.3 Å². The van der Waals surface area contributed by atoms with Crippen LogP contribution >= 0.6 is 22.9 Å². The Morgan fingerprint density at radius 3 is 2.83 bits per heavy atom. The molecule has 6 nitrogen and oxygen atoms in total. The molecule has 8 heteroatoms. The van der Waals surface area contributed by atoms with Crippen molar-refractivity contribution in [1.82, 2.24) is 19.8 Å². The van der Waals surface area contributed by atoms with Gasteiger partial charge in [0.15, 0.2) is 5.69 Å². The summed E-state index contributed by atoms with van der Waals surface area (Å²) in [5.41, 5.74) is 6.58. The average Bonchev–Trinajstić information content (AvgIpc) is 2.73. The summed E-state index contributed by atoms with van der Waals surface area (Å²) in [6.07, 6.45) is 0. The van der Waals surface area contributed by atoms with E-state index in [1.807, 2.05) is 0 Å². The van der Waals surface area contributed by atoms with Gasteiger partial charge in [0, 0.05) is 11.3 Å². The Morgan fingerprint density at radius 2 is 2.06 bits per heavy atom. The fourth-order valence-electron chi connectivity index (χ4n) is 1.57. The van der Waals surface area contributed by atoms with Crippen LogP contribution in [-0.4, -0.2) is 19.8 Å². The summed E-state index contributed by atoms with van der Waals surface area (Å²) in [6, 6.07) is 6.96. The Morgan fingerprint density at radius 1 is 1.28 bits per heavy atom. The topological polar surface area (TPSA) is 86.2 Å². The van der Waals surface area contributed by atoms with Gasteiger partial charge in [-0.3, -0.25) is 4.79 Å². The van der Waals surface area contributed by atoms with Gasteiger partial charge in [0.1, 0.15) is 0 Å². The lowest BCUT2D eigenvalue weighted by molar-refractivity contribution is 0.859. The number of para-hydroxylation sites is 1. The van der Waals surface area contributed by atoms with E-state index in [1.165, 1.54) is 0 Å². The van der Waals surface area contributed by atoms with E-state index < -0.39 is 0 Å². The molecule has 0 spiro atoms. The maximum atomic E-state index is 12.2. The van der Waals surface area contributed by atoms with Crippen molar-refractivity contribution < 1.29 is 0 Å². The van der Waals surface area contributed by atoms with Crippen molar-refractivity contribution in [3.8, 4) is 11.3 Å². The largest absolute Gasteiger partial charge is 0.398 e. The fraction of sp³-hybridized carbons (Fsp3) is 0. The first kappa shape index (κ1) is 11.1. The van der Waals surface area contributed by atoms with Crippen LogP contribution in [0.4, 0.5) is 5.69 Å². The fourth-order valence-corrected chi connectivity index (χ4v) is 2.42. The molecule has 0 aliphatic heterocycles. The van der Waals surface area contributed by atoms with Crippen molar-refractivity contribution in [1.29, 1.82) is 0 Å². The number of nitrogen functional groups attached to an aromatic ring is 1. The Hall–Kier alpha value is -1.99. The second-order valence-electron chi connectivity index (χ2n) is 3.49. The molecular weight excluding hydrogens is 274 g/mol. The molecule has 2 N–H and O–H groups in total. The van der Waals surface area contributed by atoms with Gasteiger partial charge in [-0.15, -0.1) is 15.3 Å². The normalized spacial score (nSPS) is 10.9. The van der Waals surface area contributed by atoms with Crippen molar-refractivity contribution in [2.24, 2.45) is 0 Å². The molecule has 3 aromatic rings. The molecule has 0 radical (unpaired) electrons. The number of benzene rings is 1. The Bertz CT molecular complexity index is 796. The number of nitrogens with zero attached hydrogens (tertiary/aromatic N) is 4. The zero-order chi connectivity index (χ0) is 12.7. The van der Waals surface area contributed by atoms with Gasteiger partial charge in [-0.25, -0.2) is 0 Å². The molecule has 0 bridgehead atoms. The van der Waals surface area contributed by atoms with Gasteiger partial charge >= 0.3 is 5.56 Å². The molecule has 90 valence electrons. The van der Waals surface area contributed by atoms with E-state index in [2.05, 4.69) is 15.3 Å². The van der Waals surface area contributed by atoms with E-state index in [-0.39, 0.29) is 15.7 Å².